The van der Waals surface area contributed by atoms with Gasteiger partial charge in [-0.2, -0.15) is 0 Å². The minimum absolute atomic E-state index is 0.00847. The summed E-state index contributed by atoms with van der Waals surface area (Å²) in [5.41, 5.74) is 0.991. The van der Waals surface area contributed by atoms with Crippen molar-refractivity contribution in [2.45, 2.75) is 78.1 Å². The molecule has 1 aliphatic heterocycles. The molecule has 6 atom stereocenters. The van der Waals surface area contributed by atoms with Crippen LogP contribution in [-0.4, -0.2) is 34.5 Å². The summed E-state index contributed by atoms with van der Waals surface area (Å²) in [5, 5.41) is 21.0. The van der Waals surface area contributed by atoms with Crippen LogP contribution in [0.15, 0.2) is 48.6 Å². The maximum absolute atomic E-state index is 12.5. The lowest BCUT2D eigenvalue weighted by molar-refractivity contribution is -0.156. The van der Waals surface area contributed by atoms with Crippen LogP contribution < -0.4 is 0 Å². The number of carbonyl (C=O) groups is 1. The molecule has 0 aromatic rings. The zero-order chi connectivity index (χ0) is 21.1. The van der Waals surface area contributed by atoms with Crippen molar-refractivity contribution in [2.24, 2.45) is 17.8 Å². The molecule has 28 heavy (non-hydrogen) atoms. The first-order chi connectivity index (χ1) is 13.3. The van der Waals surface area contributed by atoms with Gasteiger partial charge in [0.05, 0.1) is 12.5 Å². The zero-order valence-corrected chi connectivity index (χ0v) is 17.9. The molecule has 0 amide bonds. The van der Waals surface area contributed by atoms with E-state index in [1.54, 1.807) is 18.2 Å². The van der Waals surface area contributed by atoms with Gasteiger partial charge in [-0.25, -0.2) is 0 Å². The molecule has 4 heteroatoms. The van der Waals surface area contributed by atoms with Crippen molar-refractivity contribution in [3.8, 4) is 0 Å². The van der Waals surface area contributed by atoms with Crippen LogP contribution in [-0.2, 0) is 9.53 Å². The van der Waals surface area contributed by atoms with E-state index in [2.05, 4.69) is 19.6 Å². The van der Waals surface area contributed by atoms with E-state index in [4.69, 9.17) is 4.74 Å². The lowest BCUT2D eigenvalue weighted by atomic mass is 9.94. The molecular weight excluding hydrogens is 352 g/mol. The van der Waals surface area contributed by atoms with Gasteiger partial charge in [0.25, 0.3) is 0 Å². The Bertz CT molecular complexity index is 575. The van der Waals surface area contributed by atoms with E-state index < -0.39 is 18.3 Å². The van der Waals surface area contributed by atoms with Gasteiger partial charge >= 0.3 is 5.97 Å². The third-order valence-electron chi connectivity index (χ3n) is 5.30. The summed E-state index contributed by atoms with van der Waals surface area (Å²) < 4.78 is 5.70. The first-order valence-corrected chi connectivity index (χ1v) is 10.5. The van der Waals surface area contributed by atoms with Crippen LogP contribution in [0.25, 0.3) is 0 Å². The van der Waals surface area contributed by atoms with Crippen molar-refractivity contribution >= 4 is 5.97 Å². The van der Waals surface area contributed by atoms with Gasteiger partial charge in [0.2, 0.25) is 0 Å². The van der Waals surface area contributed by atoms with Crippen molar-refractivity contribution < 1.29 is 19.7 Å². The van der Waals surface area contributed by atoms with E-state index in [1.807, 2.05) is 32.9 Å². The summed E-state index contributed by atoms with van der Waals surface area (Å²) >= 11 is 0. The molecule has 0 unspecified atom stereocenters. The standard InChI is InChI=1S/C24H38O4/c1-6-7-8-12-19(4)24-22(26)15-14-18(3)21(25)13-10-9-11-17(2)20(5)16-23(27)28-24/h8,10,12-15,18-22,24-26H,2,6-7,9,11,16H2,1,3-5H3/b12-8+,13-10+,15-14+/t18-,19-,20-,21+,22-,24-/m1/s1. The maximum atomic E-state index is 12.5. The third-order valence-corrected chi connectivity index (χ3v) is 5.30. The molecule has 0 aromatic heterocycles. The van der Waals surface area contributed by atoms with Gasteiger partial charge in [-0.1, -0.05) is 82.7 Å². The number of cyclic esters (lactones) is 1. The number of rotatable bonds is 4. The summed E-state index contributed by atoms with van der Waals surface area (Å²) in [7, 11) is 0. The van der Waals surface area contributed by atoms with Crippen molar-refractivity contribution in [2.75, 3.05) is 0 Å². The molecule has 0 saturated heterocycles. The van der Waals surface area contributed by atoms with Gasteiger partial charge in [-0.3, -0.25) is 4.79 Å². The number of aliphatic hydroxyl groups is 2. The monoisotopic (exact) mass is 390 g/mol. The Balaban J connectivity index is 3.06. The molecule has 0 aromatic carbocycles. The van der Waals surface area contributed by atoms with Crippen LogP contribution in [0.3, 0.4) is 0 Å². The maximum Gasteiger partial charge on any atom is 0.306 e. The van der Waals surface area contributed by atoms with Gasteiger partial charge < -0.3 is 14.9 Å². The molecule has 158 valence electrons. The van der Waals surface area contributed by atoms with Gasteiger partial charge in [0.1, 0.15) is 12.2 Å². The molecule has 1 heterocycles. The van der Waals surface area contributed by atoms with E-state index >= 15 is 0 Å². The summed E-state index contributed by atoms with van der Waals surface area (Å²) in [6.07, 6.45) is 12.8. The molecule has 0 aliphatic carbocycles. The fraction of sp³-hybridized carbons (Fsp3) is 0.625. The van der Waals surface area contributed by atoms with Crippen LogP contribution in [0.2, 0.25) is 0 Å². The first kappa shape index (κ1) is 24.4. The second-order valence-electron chi connectivity index (χ2n) is 7.99. The Morgan fingerprint density at radius 1 is 1.25 bits per heavy atom. The lowest BCUT2D eigenvalue weighted by Gasteiger charge is -2.26. The highest BCUT2D eigenvalue weighted by Crippen LogP contribution is 2.23. The van der Waals surface area contributed by atoms with Gasteiger partial charge in [0.15, 0.2) is 0 Å². The number of hydrogen-bond donors (Lipinski definition) is 2. The number of unbranched alkanes of at least 4 members (excludes halogenated alkanes) is 1. The number of esters is 1. The Labute approximate surface area is 170 Å². The largest absolute Gasteiger partial charge is 0.459 e. The van der Waals surface area contributed by atoms with Crippen molar-refractivity contribution in [1.29, 1.82) is 0 Å². The fourth-order valence-corrected chi connectivity index (χ4v) is 3.11. The molecule has 0 spiro atoms. The summed E-state index contributed by atoms with van der Waals surface area (Å²) in [6, 6.07) is 0. The molecular formula is C24H38O4. The average Bonchev–Trinajstić information content (AvgIpc) is 2.66. The van der Waals surface area contributed by atoms with Crippen LogP contribution in [0.4, 0.5) is 0 Å². The number of allylic oxidation sites excluding steroid dienone is 3. The average molecular weight is 391 g/mol. The Kier molecular flexibility index (Phi) is 11.1. The molecule has 0 bridgehead atoms. The van der Waals surface area contributed by atoms with Crippen LogP contribution in [0.5, 0.6) is 0 Å². The molecule has 1 rings (SSSR count). The normalized spacial score (nSPS) is 34.3. The SMILES string of the molecule is C=C1CC/C=C/[C@H](O)[C@H](C)/C=C/[C@@H](O)[C@@H]([C@H](C)/C=C/CCC)OC(=O)C[C@H]1C. The first-order valence-electron chi connectivity index (χ1n) is 10.5. The third kappa shape index (κ3) is 8.57. The Hall–Kier alpha value is -1.65. The highest BCUT2D eigenvalue weighted by molar-refractivity contribution is 5.70. The van der Waals surface area contributed by atoms with Crippen LogP contribution in [0, 0.1) is 17.8 Å². The van der Waals surface area contributed by atoms with Crippen LogP contribution >= 0.6 is 0 Å². The number of aliphatic hydroxyl groups excluding tert-OH is 2. The van der Waals surface area contributed by atoms with E-state index in [9.17, 15) is 15.0 Å². The topological polar surface area (TPSA) is 66.8 Å². The Morgan fingerprint density at radius 2 is 1.96 bits per heavy atom. The minimum Gasteiger partial charge on any atom is -0.459 e. The molecule has 0 radical (unpaired) electrons. The van der Waals surface area contributed by atoms with Gasteiger partial charge in [-0.05, 0) is 25.2 Å². The summed E-state index contributed by atoms with van der Waals surface area (Å²) in [5.74, 6) is -0.584. The minimum atomic E-state index is -0.938. The summed E-state index contributed by atoms with van der Waals surface area (Å²) in [6.45, 7) is 12.0. The zero-order valence-electron chi connectivity index (χ0n) is 17.9. The predicted molar refractivity (Wildman–Crippen MR) is 115 cm³/mol. The van der Waals surface area contributed by atoms with Crippen molar-refractivity contribution in [3.05, 3.63) is 48.6 Å². The molecule has 0 saturated carbocycles. The van der Waals surface area contributed by atoms with E-state index in [1.165, 1.54) is 0 Å². The Morgan fingerprint density at radius 3 is 2.64 bits per heavy atom. The molecule has 0 fully saturated rings. The number of carbonyl (C=O) groups excluding carboxylic acids is 1. The quantitative estimate of drug-likeness (QED) is 0.538. The number of hydrogen-bond acceptors (Lipinski definition) is 4. The smallest absolute Gasteiger partial charge is 0.306 e. The predicted octanol–water partition coefficient (Wildman–Crippen LogP) is 4.74. The lowest BCUT2D eigenvalue weighted by Crippen LogP contribution is -2.35. The van der Waals surface area contributed by atoms with Gasteiger partial charge in [-0.15, -0.1) is 0 Å². The van der Waals surface area contributed by atoms with Gasteiger partial charge in [0, 0.05) is 11.8 Å². The summed E-state index contributed by atoms with van der Waals surface area (Å²) in [4.78, 5) is 12.5. The van der Waals surface area contributed by atoms with Crippen molar-refractivity contribution in [3.63, 3.8) is 0 Å². The highest BCUT2D eigenvalue weighted by Gasteiger charge is 2.27. The molecule has 2 N–H and O–H groups in total. The second-order valence-corrected chi connectivity index (χ2v) is 7.99. The fourth-order valence-electron chi connectivity index (χ4n) is 3.11. The molecule has 1 aliphatic rings. The highest BCUT2D eigenvalue weighted by atomic mass is 16.6. The van der Waals surface area contributed by atoms with Crippen molar-refractivity contribution in [1.82, 2.24) is 0 Å². The van der Waals surface area contributed by atoms with E-state index in [-0.39, 0.29) is 30.1 Å². The second kappa shape index (κ2) is 12.7. The number of ether oxygens (including phenoxy) is 1. The molecule has 4 nitrogen and oxygen atoms in total. The van der Waals surface area contributed by atoms with E-state index in [0.717, 1.165) is 31.3 Å². The van der Waals surface area contributed by atoms with Crippen LogP contribution in [0.1, 0.15) is 59.8 Å². The van der Waals surface area contributed by atoms with E-state index in [0.29, 0.717) is 0 Å².